The molecule has 8 heteroatoms. The maximum absolute atomic E-state index is 13.6. The zero-order chi connectivity index (χ0) is 20.6. The SMILES string of the molecule is CCCCCCCC[P@]1(=O)O[C@H]([C@H]2COC(C)(C)O2)[C@@H]2OC(C)(C)O[C@@H]2[C@@H]1O. The van der Waals surface area contributed by atoms with Gasteiger partial charge in [0.05, 0.1) is 6.61 Å². The Kier molecular flexibility index (Phi) is 6.98. The Morgan fingerprint density at radius 2 is 1.54 bits per heavy atom. The van der Waals surface area contributed by atoms with E-state index in [0.29, 0.717) is 12.8 Å². The maximum Gasteiger partial charge on any atom is 0.233 e. The van der Waals surface area contributed by atoms with E-state index in [1.165, 1.54) is 19.3 Å². The third kappa shape index (κ3) is 5.00. The zero-order valence-corrected chi connectivity index (χ0v) is 18.8. The Labute approximate surface area is 168 Å². The van der Waals surface area contributed by atoms with Gasteiger partial charge in [-0.15, -0.1) is 0 Å². The Morgan fingerprint density at radius 3 is 2.18 bits per heavy atom. The van der Waals surface area contributed by atoms with Crippen molar-refractivity contribution in [3.8, 4) is 0 Å². The van der Waals surface area contributed by atoms with Gasteiger partial charge < -0.3 is 28.6 Å². The molecule has 3 heterocycles. The number of unbranched alkanes of at least 4 members (excludes halogenated alkanes) is 5. The molecule has 0 aromatic heterocycles. The summed E-state index contributed by atoms with van der Waals surface area (Å²) in [6, 6.07) is 0. The summed E-state index contributed by atoms with van der Waals surface area (Å²) in [4.78, 5) is 0. The molecule has 0 unspecified atom stereocenters. The number of rotatable bonds is 8. The highest BCUT2D eigenvalue weighted by Gasteiger charge is 2.61. The van der Waals surface area contributed by atoms with Crippen molar-refractivity contribution in [2.75, 3.05) is 12.8 Å². The van der Waals surface area contributed by atoms with Gasteiger partial charge in [0.2, 0.25) is 7.37 Å². The van der Waals surface area contributed by atoms with Gasteiger partial charge in [0, 0.05) is 6.16 Å². The van der Waals surface area contributed by atoms with E-state index in [2.05, 4.69) is 6.92 Å². The molecule has 0 radical (unpaired) electrons. The largest absolute Gasteiger partial charge is 0.380 e. The molecular formula is C20H37O7P. The van der Waals surface area contributed by atoms with Crippen molar-refractivity contribution in [2.45, 2.75) is 115 Å². The van der Waals surface area contributed by atoms with E-state index >= 15 is 0 Å². The van der Waals surface area contributed by atoms with Gasteiger partial charge in [0.25, 0.3) is 0 Å². The summed E-state index contributed by atoms with van der Waals surface area (Å²) >= 11 is 0. The van der Waals surface area contributed by atoms with Crippen LogP contribution in [0.3, 0.4) is 0 Å². The number of hydrogen-bond acceptors (Lipinski definition) is 7. The predicted molar refractivity (Wildman–Crippen MR) is 105 cm³/mol. The van der Waals surface area contributed by atoms with Gasteiger partial charge in [0.15, 0.2) is 17.4 Å². The summed E-state index contributed by atoms with van der Waals surface area (Å²) in [5.74, 6) is -2.78. The second kappa shape index (κ2) is 8.62. The van der Waals surface area contributed by atoms with Crippen molar-refractivity contribution in [1.82, 2.24) is 0 Å². The minimum Gasteiger partial charge on any atom is -0.380 e. The lowest BCUT2D eigenvalue weighted by Crippen LogP contribution is -2.54. The lowest BCUT2D eigenvalue weighted by Gasteiger charge is -2.41. The molecule has 3 aliphatic rings. The molecule has 3 saturated heterocycles. The van der Waals surface area contributed by atoms with Gasteiger partial charge in [-0.2, -0.15) is 0 Å². The number of hydrogen-bond donors (Lipinski definition) is 1. The quantitative estimate of drug-likeness (QED) is 0.469. The molecule has 6 atom stereocenters. The van der Waals surface area contributed by atoms with Crippen LogP contribution in [0.2, 0.25) is 0 Å². The molecule has 0 saturated carbocycles. The Morgan fingerprint density at radius 1 is 0.893 bits per heavy atom. The fraction of sp³-hybridized carbons (Fsp3) is 1.00. The van der Waals surface area contributed by atoms with Crippen LogP contribution in [0.25, 0.3) is 0 Å². The summed E-state index contributed by atoms with van der Waals surface area (Å²) in [5.41, 5.74) is 0. The molecule has 0 amide bonds. The van der Waals surface area contributed by atoms with Crippen molar-refractivity contribution >= 4 is 7.37 Å². The number of ether oxygens (including phenoxy) is 4. The minimum atomic E-state index is -3.32. The molecular weight excluding hydrogens is 383 g/mol. The van der Waals surface area contributed by atoms with E-state index in [1.807, 2.05) is 13.8 Å². The molecule has 28 heavy (non-hydrogen) atoms. The third-order valence-corrected chi connectivity index (χ3v) is 8.34. The minimum absolute atomic E-state index is 0.331. The van der Waals surface area contributed by atoms with Crippen LogP contribution in [0.1, 0.15) is 73.1 Å². The topological polar surface area (TPSA) is 83.5 Å². The first-order valence-electron chi connectivity index (χ1n) is 10.7. The molecule has 0 aliphatic carbocycles. The van der Waals surface area contributed by atoms with Gasteiger partial charge in [-0.3, -0.25) is 4.57 Å². The summed E-state index contributed by atoms with van der Waals surface area (Å²) in [6.07, 6.45) is 4.57. The van der Waals surface area contributed by atoms with E-state index in [1.54, 1.807) is 13.8 Å². The fourth-order valence-corrected chi connectivity index (χ4v) is 6.81. The van der Waals surface area contributed by atoms with E-state index in [-0.39, 0.29) is 0 Å². The number of aliphatic hydroxyl groups excluding tert-OH is 1. The molecule has 0 aromatic carbocycles. The lowest BCUT2D eigenvalue weighted by atomic mass is 10.0. The van der Waals surface area contributed by atoms with Gasteiger partial charge >= 0.3 is 0 Å². The summed E-state index contributed by atoms with van der Waals surface area (Å²) < 4.78 is 43.3. The molecule has 0 aromatic rings. The smallest absolute Gasteiger partial charge is 0.233 e. The highest BCUT2D eigenvalue weighted by Crippen LogP contribution is 2.61. The van der Waals surface area contributed by atoms with Crippen LogP contribution in [0, 0.1) is 0 Å². The third-order valence-electron chi connectivity index (χ3n) is 5.70. The molecule has 0 bridgehead atoms. The van der Waals surface area contributed by atoms with Crippen LogP contribution >= 0.6 is 7.37 Å². The van der Waals surface area contributed by atoms with Crippen molar-refractivity contribution in [2.24, 2.45) is 0 Å². The maximum atomic E-state index is 13.6. The van der Waals surface area contributed by atoms with Crippen LogP contribution in [0.15, 0.2) is 0 Å². The highest BCUT2D eigenvalue weighted by molar-refractivity contribution is 7.59. The summed E-state index contributed by atoms with van der Waals surface area (Å²) in [6.45, 7) is 9.79. The molecule has 3 fully saturated rings. The fourth-order valence-electron chi connectivity index (χ4n) is 4.31. The van der Waals surface area contributed by atoms with Crippen LogP contribution < -0.4 is 0 Å². The molecule has 0 spiro atoms. The first-order chi connectivity index (χ1) is 13.1. The van der Waals surface area contributed by atoms with E-state index in [4.69, 9.17) is 23.5 Å². The van der Waals surface area contributed by atoms with Crippen LogP contribution in [-0.2, 0) is 28.0 Å². The van der Waals surface area contributed by atoms with Crippen molar-refractivity contribution in [3.63, 3.8) is 0 Å². The first-order valence-corrected chi connectivity index (χ1v) is 12.6. The average molecular weight is 420 g/mol. The molecule has 164 valence electrons. The average Bonchev–Trinajstić information content (AvgIpc) is 3.13. The predicted octanol–water partition coefficient (Wildman–Crippen LogP) is 4.01. The van der Waals surface area contributed by atoms with E-state index in [0.717, 1.165) is 19.3 Å². The lowest BCUT2D eigenvalue weighted by molar-refractivity contribution is -0.174. The van der Waals surface area contributed by atoms with Gasteiger partial charge in [-0.25, -0.2) is 0 Å². The van der Waals surface area contributed by atoms with Crippen LogP contribution in [0.4, 0.5) is 0 Å². The second-order valence-corrected chi connectivity index (χ2v) is 11.8. The van der Waals surface area contributed by atoms with Crippen LogP contribution in [0.5, 0.6) is 0 Å². The number of fused-ring (bicyclic) bond motifs is 1. The normalized spacial score (nSPS) is 41.9. The van der Waals surface area contributed by atoms with Crippen molar-refractivity contribution in [3.05, 3.63) is 0 Å². The number of aliphatic hydroxyl groups is 1. The second-order valence-electron chi connectivity index (χ2n) is 9.13. The standard InChI is InChI=1S/C20H37O7P/c1-6-7-8-9-10-11-12-28(22)18(21)17-16(25-20(4,5)26-17)15(27-28)14-13-23-19(2,3)24-14/h14-18,21H,6-13H2,1-5H3/t14-,15-,16+,17+,18-,28+/m1/s1. The Balaban J connectivity index is 1.70. The van der Waals surface area contributed by atoms with Gasteiger partial charge in [-0.1, -0.05) is 39.0 Å². The zero-order valence-electron chi connectivity index (χ0n) is 17.9. The summed E-state index contributed by atoms with van der Waals surface area (Å²) in [7, 11) is -3.32. The van der Waals surface area contributed by atoms with Gasteiger partial charge in [0.1, 0.15) is 24.4 Å². The van der Waals surface area contributed by atoms with E-state index < -0.39 is 49.2 Å². The molecule has 3 aliphatic heterocycles. The summed E-state index contributed by atoms with van der Waals surface area (Å²) in [5, 5.41) is 10.9. The molecule has 3 rings (SSSR count). The van der Waals surface area contributed by atoms with Crippen molar-refractivity contribution in [1.29, 1.82) is 0 Å². The molecule has 1 N–H and O–H groups in total. The molecule has 7 nitrogen and oxygen atoms in total. The first kappa shape index (κ1) is 22.7. The monoisotopic (exact) mass is 420 g/mol. The Bertz CT molecular complexity index is 579. The van der Waals surface area contributed by atoms with E-state index in [9.17, 15) is 9.67 Å². The highest BCUT2D eigenvalue weighted by atomic mass is 31.2. The Hall–Kier alpha value is -0.0100. The van der Waals surface area contributed by atoms with Crippen LogP contribution in [-0.4, -0.2) is 59.7 Å². The van der Waals surface area contributed by atoms with Crippen molar-refractivity contribution < 1.29 is 33.1 Å². The van der Waals surface area contributed by atoms with Gasteiger partial charge in [-0.05, 0) is 34.1 Å².